The fraction of sp³-hybridized carbons (Fsp3) is 0.333. The average molecular weight is 298 g/mol. The number of benzene rings is 1. The number of pyridine rings is 1. The first-order valence-electron chi connectivity index (χ1n) is 7.63. The molecule has 0 aliphatic carbocycles. The molecular weight excluding hydrogens is 276 g/mol. The molecule has 0 radical (unpaired) electrons. The van der Waals surface area contributed by atoms with Gasteiger partial charge in [-0.3, -0.25) is 4.79 Å². The van der Waals surface area contributed by atoms with E-state index in [4.69, 9.17) is 4.74 Å². The molecule has 0 bridgehead atoms. The normalized spacial score (nSPS) is 11.8. The van der Waals surface area contributed by atoms with Gasteiger partial charge in [-0.1, -0.05) is 31.2 Å². The maximum atomic E-state index is 12.4. The molecule has 0 saturated carbocycles. The predicted octanol–water partition coefficient (Wildman–Crippen LogP) is 3.53. The summed E-state index contributed by atoms with van der Waals surface area (Å²) in [6.45, 7) is 6.44. The van der Waals surface area contributed by atoms with Crippen molar-refractivity contribution < 1.29 is 9.53 Å². The van der Waals surface area contributed by atoms with Crippen LogP contribution < -0.4 is 10.1 Å². The Labute approximate surface area is 131 Å². The summed E-state index contributed by atoms with van der Waals surface area (Å²) in [5.41, 5.74) is 2.82. The number of hydrogen-bond acceptors (Lipinski definition) is 3. The maximum Gasteiger partial charge on any atom is 0.257 e. The Hall–Kier alpha value is -2.36. The van der Waals surface area contributed by atoms with E-state index in [1.165, 1.54) is 5.56 Å². The van der Waals surface area contributed by atoms with Crippen LogP contribution in [-0.4, -0.2) is 17.5 Å². The van der Waals surface area contributed by atoms with E-state index in [1.807, 2.05) is 13.8 Å². The zero-order valence-corrected chi connectivity index (χ0v) is 13.3. The van der Waals surface area contributed by atoms with Crippen LogP contribution in [0.15, 0.2) is 42.6 Å². The van der Waals surface area contributed by atoms with Crippen molar-refractivity contribution in [1.82, 2.24) is 10.3 Å². The van der Waals surface area contributed by atoms with Crippen molar-refractivity contribution in [3.8, 4) is 5.88 Å². The quantitative estimate of drug-likeness (QED) is 0.887. The minimum atomic E-state index is -0.177. The Morgan fingerprint density at radius 2 is 1.95 bits per heavy atom. The minimum Gasteiger partial charge on any atom is -0.477 e. The van der Waals surface area contributed by atoms with Crippen LogP contribution in [0.2, 0.25) is 0 Å². The summed E-state index contributed by atoms with van der Waals surface area (Å²) in [7, 11) is 0. The van der Waals surface area contributed by atoms with Crippen LogP contribution in [0.3, 0.4) is 0 Å². The molecular formula is C18H22N2O2. The van der Waals surface area contributed by atoms with Crippen LogP contribution >= 0.6 is 0 Å². The lowest BCUT2D eigenvalue weighted by molar-refractivity contribution is 0.0935. The number of hydrogen-bond donors (Lipinski definition) is 1. The number of carbonyl (C=O) groups excluding carboxylic acids is 1. The molecule has 22 heavy (non-hydrogen) atoms. The first-order chi connectivity index (χ1) is 10.7. The molecule has 4 nitrogen and oxygen atoms in total. The predicted molar refractivity (Wildman–Crippen MR) is 87.1 cm³/mol. The number of carbonyl (C=O) groups is 1. The fourth-order valence-corrected chi connectivity index (χ4v) is 2.22. The average Bonchev–Trinajstić information content (AvgIpc) is 2.55. The van der Waals surface area contributed by atoms with Gasteiger partial charge < -0.3 is 10.1 Å². The molecule has 2 aromatic rings. The molecule has 1 N–H and O–H groups in total. The van der Waals surface area contributed by atoms with Gasteiger partial charge in [0, 0.05) is 6.20 Å². The third kappa shape index (κ3) is 3.85. The van der Waals surface area contributed by atoms with Gasteiger partial charge in [0.15, 0.2) is 0 Å². The van der Waals surface area contributed by atoms with Gasteiger partial charge in [0.25, 0.3) is 5.91 Å². The molecule has 0 aliphatic heterocycles. The van der Waals surface area contributed by atoms with Crippen LogP contribution in [0.4, 0.5) is 0 Å². The minimum absolute atomic E-state index is 0.0758. The molecule has 1 atom stereocenters. The zero-order valence-electron chi connectivity index (χ0n) is 13.3. The highest BCUT2D eigenvalue weighted by molar-refractivity contribution is 5.96. The third-order valence-corrected chi connectivity index (χ3v) is 3.53. The van der Waals surface area contributed by atoms with E-state index in [1.54, 1.807) is 18.3 Å². The maximum absolute atomic E-state index is 12.4. The third-order valence-electron chi connectivity index (χ3n) is 3.53. The standard InChI is InChI=1S/C18H22N2O2/c1-4-14-8-10-15(11-9-14)13(3)20-17(21)16-7-6-12-19-18(16)22-5-2/h6-13H,4-5H2,1-3H3,(H,20,21). The lowest BCUT2D eigenvalue weighted by atomic mass is 10.0. The van der Waals surface area contributed by atoms with Crippen molar-refractivity contribution >= 4 is 5.91 Å². The summed E-state index contributed by atoms with van der Waals surface area (Å²) in [5.74, 6) is 0.194. The number of aryl methyl sites for hydroxylation is 1. The molecule has 0 saturated heterocycles. The van der Waals surface area contributed by atoms with Crippen molar-refractivity contribution in [3.05, 3.63) is 59.3 Å². The second-order valence-electron chi connectivity index (χ2n) is 5.08. The van der Waals surface area contributed by atoms with Crippen LogP contribution in [0.25, 0.3) is 0 Å². The lowest BCUT2D eigenvalue weighted by Crippen LogP contribution is -2.27. The molecule has 2 rings (SSSR count). The van der Waals surface area contributed by atoms with Crippen molar-refractivity contribution in [2.45, 2.75) is 33.2 Å². The first-order valence-corrected chi connectivity index (χ1v) is 7.63. The SMILES string of the molecule is CCOc1ncccc1C(=O)NC(C)c1ccc(CC)cc1. The van der Waals surface area contributed by atoms with E-state index in [0.717, 1.165) is 12.0 Å². The topological polar surface area (TPSA) is 51.2 Å². The number of ether oxygens (including phenoxy) is 1. The van der Waals surface area contributed by atoms with Crippen LogP contribution in [0, 0.1) is 0 Å². The number of aromatic nitrogens is 1. The summed E-state index contributed by atoms with van der Waals surface area (Å²) in [6, 6.07) is 11.7. The Morgan fingerprint density at radius 3 is 2.59 bits per heavy atom. The van der Waals surface area contributed by atoms with E-state index >= 15 is 0 Å². The van der Waals surface area contributed by atoms with Crippen molar-refractivity contribution in [2.75, 3.05) is 6.61 Å². The Kier molecular flexibility index (Phi) is 5.53. The van der Waals surface area contributed by atoms with Crippen LogP contribution in [-0.2, 0) is 6.42 Å². The molecule has 116 valence electrons. The highest BCUT2D eigenvalue weighted by atomic mass is 16.5. The Morgan fingerprint density at radius 1 is 1.23 bits per heavy atom. The van der Waals surface area contributed by atoms with Crippen LogP contribution in [0.5, 0.6) is 5.88 Å². The fourth-order valence-electron chi connectivity index (χ4n) is 2.22. The van der Waals surface area contributed by atoms with Gasteiger partial charge >= 0.3 is 0 Å². The smallest absolute Gasteiger partial charge is 0.257 e. The van der Waals surface area contributed by atoms with Gasteiger partial charge in [-0.05, 0) is 43.5 Å². The summed E-state index contributed by atoms with van der Waals surface area (Å²) in [4.78, 5) is 16.5. The molecule has 0 aliphatic rings. The second-order valence-corrected chi connectivity index (χ2v) is 5.08. The van der Waals surface area contributed by atoms with E-state index in [-0.39, 0.29) is 11.9 Å². The monoisotopic (exact) mass is 298 g/mol. The summed E-state index contributed by atoms with van der Waals surface area (Å²) >= 11 is 0. The van der Waals surface area contributed by atoms with Crippen molar-refractivity contribution in [2.24, 2.45) is 0 Å². The highest BCUT2D eigenvalue weighted by Crippen LogP contribution is 2.18. The van der Waals surface area contributed by atoms with Gasteiger partial charge in [0.05, 0.1) is 12.6 Å². The summed E-state index contributed by atoms with van der Waals surface area (Å²) in [6.07, 6.45) is 2.63. The molecule has 1 aromatic carbocycles. The van der Waals surface area contributed by atoms with Gasteiger partial charge in [-0.15, -0.1) is 0 Å². The molecule has 1 heterocycles. The molecule has 0 fully saturated rings. The molecule has 4 heteroatoms. The Bertz CT molecular complexity index is 623. The molecule has 1 aromatic heterocycles. The van der Waals surface area contributed by atoms with Gasteiger partial charge in [0.2, 0.25) is 5.88 Å². The molecule has 0 spiro atoms. The van der Waals surface area contributed by atoms with Crippen LogP contribution in [0.1, 0.15) is 48.3 Å². The molecule has 1 amide bonds. The largest absolute Gasteiger partial charge is 0.477 e. The zero-order chi connectivity index (χ0) is 15.9. The second kappa shape index (κ2) is 7.59. The molecule has 1 unspecified atom stereocenters. The van der Waals surface area contributed by atoms with Gasteiger partial charge in [-0.2, -0.15) is 0 Å². The number of nitrogens with one attached hydrogen (secondary N) is 1. The van der Waals surface area contributed by atoms with E-state index < -0.39 is 0 Å². The van der Waals surface area contributed by atoms with E-state index in [0.29, 0.717) is 18.1 Å². The lowest BCUT2D eigenvalue weighted by Gasteiger charge is -2.16. The van der Waals surface area contributed by atoms with E-state index in [9.17, 15) is 4.79 Å². The van der Waals surface area contributed by atoms with Gasteiger partial charge in [0.1, 0.15) is 5.56 Å². The van der Waals surface area contributed by atoms with Crippen molar-refractivity contribution in [1.29, 1.82) is 0 Å². The summed E-state index contributed by atoms with van der Waals surface area (Å²) in [5, 5.41) is 2.99. The first kappa shape index (κ1) is 16.0. The van der Waals surface area contributed by atoms with E-state index in [2.05, 4.69) is 41.5 Å². The number of nitrogens with zero attached hydrogens (tertiary/aromatic N) is 1. The van der Waals surface area contributed by atoms with Crippen molar-refractivity contribution in [3.63, 3.8) is 0 Å². The van der Waals surface area contributed by atoms with Gasteiger partial charge in [-0.25, -0.2) is 4.98 Å². The summed E-state index contributed by atoms with van der Waals surface area (Å²) < 4.78 is 5.40. The Balaban J connectivity index is 2.10. The highest BCUT2D eigenvalue weighted by Gasteiger charge is 2.16. The number of rotatable bonds is 6. The number of amides is 1.